The molecule has 0 bridgehead atoms. The Morgan fingerprint density at radius 3 is 2.48 bits per heavy atom. The van der Waals surface area contributed by atoms with E-state index in [1.54, 1.807) is 38.5 Å². The van der Waals surface area contributed by atoms with Gasteiger partial charge >= 0.3 is 6.09 Å². The van der Waals surface area contributed by atoms with Gasteiger partial charge in [0.15, 0.2) is 11.5 Å². The van der Waals surface area contributed by atoms with Crippen molar-refractivity contribution in [3.63, 3.8) is 0 Å². The fourth-order valence-electron chi connectivity index (χ4n) is 2.09. The first-order valence-corrected chi connectivity index (χ1v) is 8.11. The van der Waals surface area contributed by atoms with Gasteiger partial charge in [0.1, 0.15) is 24.7 Å². The second-order valence-corrected chi connectivity index (χ2v) is 5.15. The van der Waals surface area contributed by atoms with Crippen LogP contribution in [0, 0.1) is 0 Å². The van der Waals surface area contributed by atoms with Gasteiger partial charge in [-0.1, -0.05) is 6.07 Å². The van der Waals surface area contributed by atoms with Crippen molar-refractivity contribution in [3.8, 4) is 23.0 Å². The SMILES string of the molecule is COC(=O)N/N=C/c1ccc(OCCOc2cccc(OC)c2)c(OC)c1. The Labute approximate surface area is 157 Å². The zero-order valence-corrected chi connectivity index (χ0v) is 15.4. The Kier molecular flexibility index (Phi) is 7.77. The molecule has 0 unspecified atom stereocenters. The number of benzene rings is 2. The average Bonchev–Trinajstić information content (AvgIpc) is 2.71. The van der Waals surface area contributed by atoms with E-state index in [0.29, 0.717) is 30.5 Å². The molecule has 0 aliphatic heterocycles. The van der Waals surface area contributed by atoms with Gasteiger partial charge in [0.2, 0.25) is 0 Å². The summed E-state index contributed by atoms with van der Waals surface area (Å²) in [6.45, 7) is 0.702. The molecule has 0 aliphatic rings. The van der Waals surface area contributed by atoms with Crippen molar-refractivity contribution in [2.75, 3.05) is 34.5 Å². The van der Waals surface area contributed by atoms with Gasteiger partial charge < -0.3 is 23.7 Å². The summed E-state index contributed by atoms with van der Waals surface area (Å²) in [7, 11) is 4.41. The lowest BCUT2D eigenvalue weighted by Crippen LogP contribution is -2.16. The lowest BCUT2D eigenvalue weighted by Gasteiger charge is -2.12. The van der Waals surface area contributed by atoms with E-state index >= 15 is 0 Å². The summed E-state index contributed by atoms with van der Waals surface area (Å²) in [5.74, 6) is 2.55. The Morgan fingerprint density at radius 1 is 0.963 bits per heavy atom. The summed E-state index contributed by atoms with van der Waals surface area (Å²) in [4.78, 5) is 11.0. The van der Waals surface area contributed by atoms with Crippen LogP contribution in [0.2, 0.25) is 0 Å². The molecule has 27 heavy (non-hydrogen) atoms. The molecule has 0 spiro atoms. The average molecular weight is 374 g/mol. The lowest BCUT2D eigenvalue weighted by molar-refractivity contribution is 0.171. The molecule has 0 aromatic heterocycles. The summed E-state index contributed by atoms with van der Waals surface area (Å²) in [5.41, 5.74) is 2.93. The third kappa shape index (κ3) is 6.43. The first-order chi connectivity index (χ1) is 13.2. The number of amides is 1. The Balaban J connectivity index is 1.87. The molecule has 2 aromatic rings. The van der Waals surface area contributed by atoms with E-state index in [9.17, 15) is 4.79 Å². The normalized spacial score (nSPS) is 10.3. The van der Waals surface area contributed by atoms with E-state index in [-0.39, 0.29) is 0 Å². The standard InChI is InChI=1S/C19H22N2O6/c1-23-15-5-4-6-16(12-15)26-9-10-27-17-8-7-14(11-18(17)24-2)13-20-21-19(22)25-3/h4-8,11-13H,9-10H2,1-3H3,(H,21,22)/b20-13+. The minimum atomic E-state index is -0.644. The summed E-state index contributed by atoms with van der Waals surface area (Å²) in [6.07, 6.45) is 0.823. The van der Waals surface area contributed by atoms with Crippen molar-refractivity contribution in [1.29, 1.82) is 0 Å². The molecule has 2 aromatic carbocycles. The molecular weight excluding hydrogens is 352 g/mol. The van der Waals surface area contributed by atoms with Crippen LogP contribution in [0.15, 0.2) is 47.6 Å². The van der Waals surface area contributed by atoms with Gasteiger partial charge in [0.25, 0.3) is 0 Å². The largest absolute Gasteiger partial charge is 0.497 e. The topological polar surface area (TPSA) is 87.6 Å². The Hall–Kier alpha value is -3.42. The number of hydrazone groups is 1. The fraction of sp³-hybridized carbons (Fsp3) is 0.263. The van der Waals surface area contributed by atoms with Crippen molar-refractivity contribution >= 4 is 12.3 Å². The number of hydrogen-bond acceptors (Lipinski definition) is 7. The number of hydrogen-bond donors (Lipinski definition) is 1. The smallest absolute Gasteiger partial charge is 0.427 e. The van der Waals surface area contributed by atoms with E-state index in [0.717, 1.165) is 11.3 Å². The molecule has 0 saturated carbocycles. The number of methoxy groups -OCH3 is 3. The summed E-state index contributed by atoms with van der Waals surface area (Å²) in [6, 6.07) is 12.6. The van der Waals surface area contributed by atoms with Gasteiger partial charge in [-0.2, -0.15) is 5.10 Å². The van der Waals surface area contributed by atoms with Crippen LogP contribution in [-0.2, 0) is 4.74 Å². The van der Waals surface area contributed by atoms with Gasteiger partial charge in [-0.25, -0.2) is 10.2 Å². The van der Waals surface area contributed by atoms with Crippen molar-refractivity contribution < 1.29 is 28.5 Å². The van der Waals surface area contributed by atoms with E-state index in [2.05, 4.69) is 15.3 Å². The number of nitrogens with zero attached hydrogens (tertiary/aromatic N) is 1. The molecule has 2 rings (SSSR count). The number of rotatable bonds is 9. The summed E-state index contributed by atoms with van der Waals surface area (Å²) >= 11 is 0. The molecule has 0 aliphatic carbocycles. The third-order valence-electron chi connectivity index (χ3n) is 3.39. The van der Waals surface area contributed by atoms with Crippen LogP contribution in [0.3, 0.4) is 0 Å². The summed E-state index contributed by atoms with van der Waals surface area (Å²) < 4.78 is 26.2. The maximum absolute atomic E-state index is 11.0. The number of carbonyl (C=O) groups is 1. The fourth-order valence-corrected chi connectivity index (χ4v) is 2.09. The van der Waals surface area contributed by atoms with Crippen molar-refractivity contribution in [2.45, 2.75) is 0 Å². The zero-order chi connectivity index (χ0) is 19.5. The highest BCUT2D eigenvalue weighted by Gasteiger charge is 2.06. The van der Waals surface area contributed by atoms with E-state index in [1.807, 2.05) is 18.2 Å². The maximum Gasteiger partial charge on any atom is 0.427 e. The molecule has 0 radical (unpaired) electrons. The molecular formula is C19H22N2O6. The highest BCUT2D eigenvalue weighted by Crippen LogP contribution is 2.27. The molecule has 1 amide bonds. The summed E-state index contributed by atoms with van der Waals surface area (Å²) in [5, 5.41) is 3.76. The molecule has 0 saturated heterocycles. The van der Waals surface area contributed by atoms with Gasteiger partial charge in [-0.15, -0.1) is 0 Å². The first-order valence-electron chi connectivity index (χ1n) is 8.11. The van der Waals surface area contributed by atoms with E-state index in [1.165, 1.54) is 13.3 Å². The van der Waals surface area contributed by atoms with Gasteiger partial charge in [-0.3, -0.25) is 0 Å². The highest BCUT2D eigenvalue weighted by molar-refractivity contribution is 5.82. The monoisotopic (exact) mass is 374 g/mol. The molecule has 8 nitrogen and oxygen atoms in total. The van der Waals surface area contributed by atoms with Crippen LogP contribution in [0.1, 0.15) is 5.56 Å². The Bertz CT molecular complexity index is 779. The van der Waals surface area contributed by atoms with Crippen LogP contribution in [0.4, 0.5) is 4.79 Å². The number of nitrogens with one attached hydrogen (secondary N) is 1. The number of ether oxygens (including phenoxy) is 5. The third-order valence-corrected chi connectivity index (χ3v) is 3.39. The molecule has 144 valence electrons. The quantitative estimate of drug-likeness (QED) is 0.413. The molecule has 0 atom stereocenters. The first kappa shape index (κ1) is 19.9. The van der Waals surface area contributed by atoms with Crippen LogP contribution in [0.5, 0.6) is 23.0 Å². The predicted molar refractivity (Wildman–Crippen MR) is 100 cm³/mol. The van der Waals surface area contributed by atoms with Crippen molar-refractivity contribution in [1.82, 2.24) is 5.43 Å². The second kappa shape index (κ2) is 10.5. The maximum atomic E-state index is 11.0. The lowest BCUT2D eigenvalue weighted by atomic mass is 10.2. The van der Waals surface area contributed by atoms with Crippen molar-refractivity contribution in [2.24, 2.45) is 5.10 Å². The van der Waals surface area contributed by atoms with Crippen LogP contribution >= 0.6 is 0 Å². The van der Waals surface area contributed by atoms with Crippen molar-refractivity contribution in [3.05, 3.63) is 48.0 Å². The highest BCUT2D eigenvalue weighted by atomic mass is 16.5. The van der Waals surface area contributed by atoms with E-state index in [4.69, 9.17) is 18.9 Å². The molecule has 0 heterocycles. The number of carbonyl (C=O) groups excluding carboxylic acids is 1. The minimum Gasteiger partial charge on any atom is -0.497 e. The van der Waals surface area contributed by atoms with Gasteiger partial charge in [0.05, 0.1) is 27.5 Å². The second-order valence-electron chi connectivity index (χ2n) is 5.15. The predicted octanol–water partition coefficient (Wildman–Crippen LogP) is 2.85. The van der Waals surface area contributed by atoms with Crippen LogP contribution in [-0.4, -0.2) is 46.9 Å². The Morgan fingerprint density at radius 2 is 1.74 bits per heavy atom. The molecule has 1 N–H and O–H groups in total. The minimum absolute atomic E-state index is 0.338. The van der Waals surface area contributed by atoms with Crippen LogP contribution in [0.25, 0.3) is 0 Å². The van der Waals surface area contributed by atoms with E-state index < -0.39 is 6.09 Å². The van der Waals surface area contributed by atoms with Gasteiger partial charge in [-0.05, 0) is 35.9 Å². The molecule has 8 heteroatoms. The van der Waals surface area contributed by atoms with Gasteiger partial charge in [0, 0.05) is 6.07 Å². The van der Waals surface area contributed by atoms with Crippen LogP contribution < -0.4 is 24.4 Å². The zero-order valence-electron chi connectivity index (χ0n) is 15.4. The molecule has 0 fully saturated rings.